The zero-order valence-electron chi connectivity index (χ0n) is 16.6. The van der Waals surface area contributed by atoms with Crippen LogP contribution in [0, 0.1) is 6.92 Å². The molecule has 29 heavy (non-hydrogen) atoms. The lowest BCUT2D eigenvalue weighted by Crippen LogP contribution is -2.32. The molecular weight excluding hydrogens is 436 g/mol. The third-order valence-electron chi connectivity index (χ3n) is 4.97. The molecule has 1 atom stereocenters. The number of imide groups is 1. The molecule has 0 bridgehead atoms. The molecule has 1 unspecified atom stereocenters. The van der Waals surface area contributed by atoms with E-state index in [0.717, 1.165) is 21.3 Å². The maximum Gasteiger partial charge on any atom is 0.261 e. The highest BCUT2D eigenvalue weighted by atomic mass is 79.9. The molecular formula is C22H23BrN2O4. The van der Waals surface area contributed by atoms with Crippen LogP contribution in [0.15, 0.2) is 40.9 Å². The lowest BCUT2D eigenvalue weighted by atomic mass is 10.1. The summed E-state index contributed by atoms with van der Waals surface area (Å²) in [5.41, 5.74) is 2.76. The fourth-order valence-corrected chi connectivity index (χ4v) is 3.91. The van der Waals surface area contributed by atoms with E-state index in [1.54, 1.807) is 19.2 Å². The summed E-state index contributed by atoms with van der Waals surface area (Å²) < 4.78 is 6.03. The van der Waals surface area contributed by atoms with E-state index in [1.165, 1.54) is 4.90 Å². The second kappa shape index (κ2) is 8.78. The first kappa shape index (κ1) is 21.0. The molecule has 6 nitrogen and oxygen atoms in total. The maximum absolute atomic E-state index is 12.5. The highest BCUT2D eigenvalue weighted by Gasteiger charge is 2.34. The van der Waals surface area contributed by atoms with E-state index in [2.05, 4.69) is 21.2 Å². The molecule has 3 rings (SSSR count). The van der Waals surface area contributed by atoms with Crippen molar-refractivity contribution in [3.05, 3.63) is 63.1 Å². The summed E-state index contributed by atoms with van der Waals surface area (Å²) in [4.78, 5) is 38.4. The monoisotopic (exact) mass is 458 g/mol. The Morgan fingerprint density at radius 1 is 1.14 bits per heavy atom. The van der Waals surface area contributed by atoms with Crippen molar-refractivity contribution in [3.63, 3.8) is 0 Å². The average Bonchev–Trinajstić information content (AvgIpc) is 2.92. The maximum atomic E-state index is 12.5. The van der Waals surface area contributed by atoms with Crippen molar-refractivity contribution in [1.29, 1.82) is 0 Å². The van der Waals surface area contributed by atoms with E-state index in [1.807, 2.05) is 38.1 Å². The molecule has 1 N–H and O–H groups in total. The van der Waals surface area contributed by atoms with Gasteiger partial charge in [-0.3, -0.25) is 19.3 Å². The Balaban J connectivity index is 1.52. The summed E-state index contributed by atoms with van der Waals surface area (Å²) in [6.45, 7) is 4.01. The quantitative estimate of drug-likeness (QED) is 0.635. The first-order chi connectivity index (χ1) is 13.8. The third-order valence-corrected chi connectivity index (χ3v) is 5.58. The minimum absolute atomic E-state index is 0.128. The second-order valence-corrected chi connectivity index (χ2v) is 7.95. The van der Waals surface area contributed by atoms with Gasteiger partial charge in [-0.1, -0.05) is 17.7 Å². The first-order valence-corrected chi connectivity index (χ1v) is 10.2. The molecule has 0 saturated carbocycles. The summed E-state index contributed by atoms with van der Waals surface area (Å²) in [5.74, 6) is 0.0210. The van der Waals surface area contributed by atoms with Crippen LogP contribution >= 0.6 is 15.9 Å². The third kappa shape index (κ3) is 4.50. The number of benzene rings is 2. The van der Waals surface area contributed by atoms with Crippen LogP contribution in [0.4, 0.5) is 0 Å². The average molecular weight is 459 g/mol. The van der Waals surface area contributed by atoms with Crippen molar-refractivity contribution in [3.8, 4) is 5.75 Å². The molecule has 1 aliphatic heterocycles. The number of ether oxygens (including phenoxy) is 1. The van der Waals surface area contributed by atoms with Crippen LogP contribution in [0.3, 0.4) is 0 Å². The molecule has 0 aliphatic carbocycles. The van der Waals surface area contributed by atoms with Gasteiger partial charge in [0, 0.05) is 13.0 Å². The molecule has 0 radical (unpaired) electrons. The van der Waals surface area contributed by atoms with Gasteiger partial charge in [-0.15, -0.1) is 0 Å². The van der Waals surface area contributed by atoms with Gasteiger partial charge < -0.3 is 10.1 Å². The number of aryl methyl sites for hydroxylation is 1. The highest BCUT2D eigenvalue weighted by molar-refractivity contribution is 9.10. The van der Waals surface area contributed by atoms with Gasteiger partial charge in [-0.2, -0.15) is 0 Å². The lowest BCUT2D eigenvalue weighted by molar-refractivity contribution is -0.121. The Labute approximate surface area is 178 Å². The molecule has 7 heteroatoms. The van der Waals surface area contributed by atoms with E-state index in [-0.39, 0.29) is 36.7 Å². The number of methoxy groups -OCH3 is 1. The number of halogens is 1. The predicted molar refractivity (Wildman–Crippen MR) is 113 cm³/mol. The molecule has 1 aliphatic rings. The van der Waals surface area contributed by atoms with Crippen molar-refractivity contribution in [2.75, 3.05) is 13.7 Å². The van der Waals surface area contributed by atoms with Crippen LogP contribution in [0.25, 0.3) is 0 Å². The predicted octanol–water partition coefficient (Wildman–Crippen LogP) is 4.02. The summed E-state index contributed by atoms with van der Waals surface area (Å²) in [6.07, 6.45) is 0.642. The number of amides is 3. The van der Waals surface area contributed by atoms with E-state index < -0.39 is 0 Å². The van der Waals surface area contributed by atoms with Gasteiger partial charge in [0.15, 0.2) is 0 Å². The normalized spacial score (nSPS) is 14.0. The molecule has 1 heterocycles. The number of rotatable bonds is 7. The highest BCUT2D eigenvalue weighted by Crippen LogP contribution is 2.28. The molecule has 3 amide bonds. The molecule has 2 aromatic carbocycles. The Kier molecular flexibility index (Phi) is 6.37. The van der Waals surface area contributed by atoms with Crippen LogP contribution in [-0.2, 0) is 4.79 Å². The fraction of sp³-hybridized carbons (Fsp3) is 0.318. The molecule has 0 aromatic heterocycles. The smallest absolute Gasteiger partial charge is 0.261 e. The summed E-state index contributed by atoms with van der Waals surface area (Å²) in [7, 11) is 1.60. The van der Waals surface area contributed by atoms with Crippen molar-refractivity contribution >= 4 is 33.7 Å². The van der Waals surface area contributed by atoms with Gasteiger partial charge in [0.1, 0.15) is 5.75 Å². The number of nitrogens with zero attached hydrogens (tertiary/aromatic N) is 1. The van der Waals surface area contributed by atoms with Crippen LogP contribution in [0.1, 0.15) is 57.7 Å². The number of fused-ring (bicyclic) bond motifs is 1. The van der Waals surface area contributed by atoms with Crippen molar-refractivity contribution in [1.82, 2.24) is 10.2 Å². The Hall–Kier alpha value is -2.67. The number of hydrogen-bond acceptors (Lipinski definition) is 4. The number of nitrogens with one attached hydrogen (secondary N) is 1. The van der Waals surface area contributed by atoms with Crippen LogP contribution in [0.5, 0.6) is 5.75 Å². The number of carbonyl (C=O) groups excluding carboxylic acids is 3. The largest absolute Gasteiger partial charge is 0.496 e. The van der Waals surface area contributed by atoms with Gasteiger partial charge in [-0.25, -0.2) is 0 Å². The minimum atomic E-state index is -0.290. The molecule has 0 spiro atoms. The van der Waals surface area contributed by atoms with Gasteiger partial charge in [0.2, 0.25) is 5.91 Å². The summed E-state index contributed by atoms with van der Waals surface area (Å²) in [5, 5.41) is 2.94. The van der Waals surface area contributed by atoms with Gasteiger partial charge >= 0.3 is 0 Å². The summed E-state index contributed by atoms with van der Waals surface area (Å²) >= 11 is 3.44. The van der Waals surface area contributed by atoms with E-state index in [4.69, 9.17) is 4.74 Å². The van der Waals surface area contributed by atoms with Gasteiger partial charge in [0.25, 0.3) is 11.8 Å². The zero-order valence-corrected chi connectivity index (χ0v) is 18.2. The van der Waals surface area contributed by atoms with Crippen molar-refractivity contribution < 1.29 is 19.1 Å². The molecule has 2 aromatic rings. The van der Waals surface area contributed by atoms with Crippen LogP contribution < -0.4 is 10.1 Å². The fourth-order valence-electron chi connectivity index (χ4n) is 3.35. The van der Waals surface area contributed by atoms with E-state index in [0.29, 0.717) is 17.5 Å². The van der Waals surface area contributed by atoms with Crippen molar-refractivity contribution in [2.45, 2.75) is 32.7 Å². The van der Waals surface area contributed by atoms with Crippen LogP contribution in [-0.4, -0.2) is 36.3 Å². The molecule has 0 saturated heterocycles. The molecule has 152 valence electrons. The van der Waals surface area contributed by atoms with Crippen LogP contribution in [0.2, 0.25) is 0 Å². The first-order valence-electron chi connectivity index (χ1n) is 9.41. The lowest BCUT2D eigenvalue weighted by Gasteiger charge is -2.17. The van der Waals surface area contributed by atoms with Gasteiger partial charge in [-0.05, 0) is 66.0 Å². The van der Waals surface area contributed by atoms with Crippen molar-refractivity contribution in [2.24, 2.45) is 0 Å². The minimum Gasteiger partial charge on any atom is -0.496 e. The SMILES string of the molecule is COc1ccc(C(C)NC(=O)CCCN2C(=O)c3ccc(C)cc3C2=O)cc1Br. The molecule has 0 fully saturated rings. The summed E-state index contributed by atoms with van der Waals surface area (Å²) in [6, 6.07) is 10.7. The topological polar surface area (TPSA) is 75.7 Å². The van der Waals surface area contributed by atoms with Gasteiger partial charge in [0.05, 0.1) is 28.8 Å². The standard InChI is InChI=1S/C22H23BrN2O4/c1-13-6-8-16-17(11-13)22(28)25(21(16)27)10-4-5-20(26)24-14(2)15-7-9-19(29-3)18(23)12-15/h6-9,11-12,14H,4-5,10H2,1-3H3,(H,24,26). The Morgan fingerprint density at radius 3 is 2.55 bits per heavy atom. The Morgan fingerprint density at radius 2 is 1.86 bits per heavy atom. The van der Waals surface area contributed by atoms with E-state index in [9.17, 15) is 14.4 Å². The zero-order chi connectivity index (χ0) is 21.1. The second-order valence-electron chi connectivity index (χ2n) is 7.10. The number of hydrogen-bond donors (Lipinski definition) is 1. The van der Waals surface area contributed by atoms with E-state index >= 15 is 0 Å². The number of carbonyl (C=O) groups is 3. The Bertz CT molecular complexity index is 973.